The smallest absolute Gasteiger partial charge is 0.320 e. The number of hydrogen-bond donors (Lipinski definition) is 3. The average Bonchev–Trinajstić information content (AvgIpc) is 2.43. The van der Waals surface area contributed by atoms with Crippen LogP contribution in [0.3, 0.4) is 0 Å². The van der Waals surface area contributed by atoms with Crippen LogP contribution in [0.25, 0.3) is 0 Å². The molecule has 2 amide bonds. The number of nitrogens with zero attached hydrogens (tertiary/aromatic N) is 1. The summed E-state index contributed by atoms with van der Waals surface area (Å²) in [7, 11) is 0. The zero-order valence-corrected chi connectivity index (χ0v) is 7.44. The quantitative estimate of drug-likeness (QED) is 0.467. The Morgan fingerprint density at radius 3 is 2.92 bits per heavy atom. The number of nitrogens with one attached hydrogen (secondary N) is 3. The second-order valence-electron chi connectivity index (χ2n) is 2.78. The topological polar surface area (TPSA) is 56.4 Å². The van der Waals surface area contributed by atoms with E-state index >= 15 is 0 Å². The van der Waals surface area contributed by atoms with Crippen LogP contribution in [0.15, 0.2) is 0 Å². The highest BCUT2D eigenvalue weighted by molar-refractivity contribution is 7.80. The molecule has 0 aliphatic carbocycles. The number of likely N-dealkylation sites (N-methyl/N-ethyl adjacent to an activating group) is 1. The second-order valence-corrected chi connectivity index (χ2v) is 3.18. The van der Waals surface area contributed by atoms with E-state index in [0.29, 0.717) is 11.7 Å². The van der Waals surface area contributed by atoms with E-state index in [1.54, 1.807) is 4.90 Å². The monoisotopic (exact) mass is 186 g/mol. The van der Waals surface area contributed by atoms with Crippen LogP contribution in [-0.2, 0) is 0 Å². The fourth-order valence-electron chi connectivity index (χ4n) is 1.53. The lowest BCUT2D eigenvalue weighted by Crippen LogP contribution is -2.43. The Bertz CT molecular complexity index is 244. The summed E-state index contributed by atoms with van der Waals surface area (Å²) in [6, 6.07) is -0.0463. The second kappa shape index (κ2) is 2.48. The molecule has 2 rings (SSSR count). The van der Waals surface area contributed by atoms with Crippen molar-refractivity contribution in [3.05, 3.63) is 0 Å². The number of urea groups is 1. The van der Waals surface area contributed by atoms with Crippen molar-refractivity contribution in [1.29, 1.82) is 0 Å². The SMILES string of the molecule is CCN1C(=O)N[C@@H]2NC(=S)N[C@@H]21. The van der Waals surface area contributed by atoms with E-state index in [9.17, 15) is 4.79 Å². The Hall–Kier alpha value is -1.04. The standard InChI is InChI=1S/C6H10N4OS/c1-2-10-4-3(8-6(10)11)7-5(12)9-4/h3-4H,2H2,1H3,(H,8,11)(H2,7,9,12)/t3-,4+/m0/s1. The van der Waals surface area contributed by atoms with E-state index in [1.807, 2.05) is 6.92 Å². The van der Waals surface area contributed by atoms with Crippen molar-refractivity contribution in [2.75, 3.05) is 6.54 Å². The van der Waals surface area contributed by atoms with E-state index < -0.39 is 0 Å². The summed E-state index contributed by atoms with van der Waals surface area (Å²) in [5.41, 5.74) is 0. The fraction of sp³-hybridized carbons (Fsp3) is 0.667. The van der Waals surface area contributed by atoms with Gasteiger partial charge in [0.05, 0.1) is 0 Å². The zero-order valence-electron chi connectivity index (χ0n) is 6.63. The van der Waals surface area contributed by atoms with Crippen molar-refractivity contribution in [3.8, 4) is 0 Å². The van der Waals surface area contributed by atoms with Crippen LogP contribution in [0.4, 0.5) is 4.79 Å². The predicted octanol–water partition coefficient (Wildman–Crippen LogP) is -0.839. The maximum atomic E-state index is 11.2. The number of carbonyl (C=O) groups excluding carboxylic acids is 1. The van der Waals surface area contributed by atoms with Crippen LogP contribution in [0.2, 0.25) is 0 Å². The van der Waals surface area contributed by atoms with Gasteiger partial charge in [-0.1, -0.05) is 0 Å². The summed E-state index contributed by atoms with van der Waals surface area (Å²) < 4.78 is 0. The van der Waals surface area contributed by atoms with Crippen LogP contribution in [0, 0.1) is 0 Å². The molecule has 2 aliphatic rings. The van der Waals surface area contributed by atoms with Gasteiger partial charge in [-0.05, 0) is 19.1 Å². The predicted molar refractivity (Wildman–Crippen MR) is 47.4 cm³/mol. The van der Waals surface area contributed by atoms with Crippen LogP contribution >= 0.6 is 12.2 Å². The number of amides is 2. The molecule has 5 nitrogen and oxygen atoms in total. The lowest BCUT2D eigenvalue weighted by atomic mass is 10.4. The molecule has 2 saturated heterocycles. The number of thiocarbonyl (C=S) groups is 1. The Kier molecular flexibility index (Phi) is 1.57. The molecule has 0 aromatic carbocycles. The van der Waals surface area contributed by atoms with Gasteiger partial charge in [-0.15, -0.1) is 0 Å². The van der Waals surface area contributed by atoms with Crippen molar-refractivity contribution in [2.45, 2.75) is 19.3 Å². The summed E-state index contributed by atoms with van der Waals surface area (Å²) in [5.74, 6) is 0. The molecule has 2 heterocycles. The number of fused-ring (bicyclic) bond motifs is 1. The minimum absolute atomic E-state index is 0.0185. The maximum absolute atomic E-state index is 11.2. The number of carbonyl (C=O) groups is 1. The van der Waals surface area contributed by atoms with Gasteiger partial charge in [0.15, 0.2) is 5.11 Å². The third-order valence-electron chi connectivity index (χ3n) is 2.10. The van der Waals surface area contributed by atoms with E-state index in [4.69, 9.17) is 12.2 Å². The van der Waals surface area contributed by atoms with Gasteiger partial charge in [0.1, 0.15) is 12.3 Å². The highest BCUT2D eigenvalue weighted by Crippen LogP contribution is 2.12. The van der Waals surface area contributed by atoms with Crippen molar-refractivity contribution in [3.63, 3.8) is 0 Å². The third-order valence-corrected chi connectivity index (χ3v) is 2.33. The summed E-state index contributed by atoms with van der Waals surface area (Å²) in [6.45, 7) is 2.62. The van der Waals surface area contributed by atoms with E-state index in [-0.39, 0.29) is 18.4 Å². The first kappa shape index (κ1) is 7.60. The lowest BCUT2D eigenvalue weighted by molar-refractivity contribution is 0.203. The van der Waals surface area contributed by atoms with Crippen molar-refractivity contribution >= 4 is 23.4 Å². The molecule has 0 spiro atoms. The van der Waals surface area contributed by atoms with Gasteiger partial charge in [0.25, 0.3) is 0 Å². The zero-order chi connectivity index (χ0) is 8.72. The van der Waals surface area contributed by atoms with Crippen LogP contribution in [0.1, 0.15) is 6.92 Å². The molecule has 0 saturated carbocycles. The molecule has 12 heavy (non-hydrogen) atoms. The van der Waals surface area contributed by atoms with Gasteiger partial charge in [0, 0.05) is 6.54 Å². The van der Waals surface area contributed by atoms with Crippen LogP contribution < -0.4 is 16.0 Å². The first-order chi connectivity index (χ1) is 5.72. The normalized spacial score (nSPS) is 32.6. The Balaban J connectivity index is 2.16. The van der Waals surface area contributed by atoms with Gasteiger partial charge < -0.3 is 20.9 Å². The summed E-state index contributed by atoms with van der Waals surface area (Å²) in [5, 5.41) is 9.34. The molecular weight excluding hydrogens is 176 g/mol. The average molecular weight is 186 g/mol. The maximum Gasteiger partial charge on any atom is 0.320 e. The van der Waals surface area contributed by atoms with Gasteiger partial charge in [0.2, 0.25) is 0 Å². The largest absolute Gasteiger partial charge is 0.339 e. The number of rotatable bonds is 1. The molecular formula is C6H10N4OS. The van der Waals surface area contributed by atoms with Crippen LogP contribution in [0.5, 0.6) is 0 Å². The minimum atomic E-state index is -0.0649. The molecule has 2 atom stereocenters. The van der Waals surface area contributed by atoms with Crippen molar-refractivity contribution in [2.24, 2.45) is 0 Å². The number of hydrogen-bond acceptors (Lipinski definition) is 2. The lowest BCUT2D eigenvalue weighted by Gasteiger charge is -2.18. The van der Waals surface area contributed by atoms with Gasteiger partial charge in [-0.25, -0.2) is 4.79 Å². The first-order valence-corrected chi connectivity index (χ1v) is 4.27. The molecule has 2 aliphatic heterocycles. The molecule has 2 fully saturated rings. The Morgan fingerprint density at radius 1 is 1.50 bits per heavy atom. The molecule has 3 N–H and O–H groups in total. The van der Waals surface area contributed by atoms with Gasteiger partial charge in [-0.3, -0.25) is 0 Å². The van der Waals surface area contributed by atoms with Crippen molar-refractivity contribution in [1.82, 2.24) is 20.9 Å². The minimum Gasteiger partial charge on any atom is -0.339 e. The van der Waals surface area contributed by atoms with Gasteiger partial charge >= 0.3 is 6.03 Å². The van der Waals surface area contributed by atoms with E-state index in [2.05, 4.69) is 16.0 Å². The molecule has 6 heteroatoms. The first-order valence-electron chi connectivity index (χ1n) is 3.86. The molecule has 0 unspecified atom stereocenters. The molecule has 0 radical (unpaired) electrons. The summed E-state index contributed by atoms with van der Waals surface area (Å²) >= 11 is 4.91. The summed E-state index contributed by atoms with van der Waals surface area (Å²) in [4.78, 5) is 12.9. The van der Waals surface area contributed by atoms with E-state index in [0.717, 1.165) is 0 Å². The highest BCUT2D eigenvalue weighted by atomic mass is 32.1. The van der Waals surface area contributed by atoms with Crippen LogP contribution in [-0.4, -0.2) is 34.9 Å². The third kappa shape index (κ3) is 0.911. The Morgan fingerprint density at radius 2 is 2.25 bits per heavy atom. The molecule has 0 aromatic rings. The highest BCUT2D eigenvalue weighted by Gasteiger charge is 2.43. The van der Waals surface area contributed by atoms with E-state index in [1.165, 1.54) is 0 Å². The fourth-order valence-corrected chi connectivity index (χ4v) is 1.78. The Labute approximate surface area is 75.5 Å². The molecule has 66 valence electrons. The molecule has 0 bridgehead atoms. The van der Waals surface area contributed by atoms with Crippen molar-refractivity contribution < 1.29 is 4.79 Å². The summed E-state index contributed by atoms with van der Waals surface area (Å²) in [6.07, 6.45) is -0.0834. The molecule has 0 aromatic heterocycles. The van der Waals surface area contributed by atoms with Gasteiger partial charge in [-0.2, -0.15) is 0 Å².